The van der Waals surface area contributed by atoms with Crippen molar-refractivity contribution in [3.05, 3.63) is 51.5 Å². The predicted octanol–water partition coefficient (Wildman–Crippen LogP) is 3.99. The molecule has 0 aliphatic carbocycles. The van der Waals surface area contributed by atoms with Crippen LogP contribution in [0.5, 0.6) is 0 Å². The van der Waals surface area contributed by atoms with Gasteiger partial charge in [0.05, 0.1) is 10.6 Å². The van der Waals surface area contributed by atoms with E-state index >= 15 is 0 Å². The van der Waals surface area contributed by atoms with Gasteiger partial charge < -0.3 is 10.1 Å². The van der Waals surface area contributed by atoms with Crippen molar-refractivity contribution in [2.45, 2.75) is 31.5 Å². The minimum absolute atomic E-state index is 0.0308. The standard InChI is InChI=1S/C17H17F3N2O2S/c18-17(19,20)13-4-2-1-3-12(13)9-21-15(23)14-10-25-16(22-14)11-5-7-24-8-6-11/h1-4,10-11H,5-9H2,(H,21,23). The number of carbonyl (C=O) groups is 1. The maximum atomic E-state index is 13.0. The monoisotopic (exact) mass is 370 g/mol. The third-order valence-electron chi connectivity index (χ3n) is 4.09. The van der Waals surface area contributed by atoms with Crippen LogP contribution < -0.4 is 5.32 Å². The Labute approximate surface area is 147 Å². The number of hydrogen-bond donors (Lipinski definition) is 1. The number of rotatable bonds is 4. The van der Waals surface area contributed by atoms with Gasteiger partial charge in [-0.25, -0.2) is 4.98 Å². The molecule has 0 saturated carbocycles. The smallest absolute Gasteiger partial charge is 0.381 e. The third-order valence-corrected chi connectivity index (χ3v) is 5.09. The molecule has 1 aromatic carbocycles. The Bertz CT molecular complexity index is 739. The second-order valence-electron chi connectivity index (χ2n) is 5.80. The molecule has 2 aromatic rings. The minimum atomic E-state index is -4.45. The average Bonchev–Trinajstić information content (AvgIpc) is 3.10. The van der Waals surface area contributed by atoms with Crippen LogP contribution in [0.15, 0.2) is 29.6 Å². The quantitative estimate of drug-likeness (QED) is 0.886. The van der Waals surface area contributed by atoms with E-state index in [0.29, 0.717) is 13.2 Å². The molecule has 1 aromatic heterocycles. The number of carbonyl (C=O) groups excluding carboxylic acids is 1. The first-order chi connectivity index (χ1) is 11.9. The van der Waals surface area contributed by atoms with Crippen LogP contribution in [-0.2, 0) is 17.5 Å². The second kappa shape index (κ2) is 7.53. The first-order valence-corrected chi connectivity index (χ1v) is 8.79. The molecule has 0 spiro atoms. The van der Waals surface area contributed by atoms with E-state index in [-0.39, 0.29) is 23.7 Å². The predicted molar refractivity (Wildman–Crippen MR) is 87.5 cm³/mol. The molecule has 25 heavy (non-hydrogen) atoms. The number of alkyl halides is 3. The summed E-state index contributed by atoms with van der Waals surface area (Å²) in [6.45, 7) is 1.17. The maximum absolute atomic E-state index is 13.0. The van der Waals surface area contributed by atoms with Gasteiger partial charge in [-0.2, -0.15) is 13.2 Å². The molecule has 3 rings (SSSR count). The van der Waals surface area contributed by atoms with Gasteiger partial charge in [-0.15, -0.1) is 11.3 Å². The Balaban J connectivity index is 1.65. The molecular weight excluding hydrogens is 353 g/mol. The summed E-state index contributed by atoms with van der Waals surface area (Å²) in [4.78, 5) is 16.5. The van der Waals surface area contributed by atoms with Crippen molar-refractivity contribution < 1.29 is 22.7 Å². The fourth-order valence-corrected chi connectivity index (χ4v) is 3.71. The molecule has 134 valence electrons. The van der Waals surface area contributed by atoms with E-state index in [1.807, 2.05) is 0 Å². The van der Waals surface area contributed by atoms with E-state index in [4.69, 9.17) is 4.74 Å². The Morgan fingerprint density at radius 1 is 1.28 bits per heavy atom. The van der Waals surface area contributed by atoms with Crippen molar-refractivity contribution in [2.24, 2.45) is 0 Å². The number of benzene rings is 1. The van der Waals surface area contributed by atoms with E-state index in [0.717, 1.165) is 23.9 Å². The topological polar surface area (TPSA) is 51.2 Å². The summed E-state index contributed by atoms with van der Waals surface area (Å²) < 4.78 is 44.2. The van der Waals surface area contributed by atoms with E-state index < -0.39 is 17.6 Å². The van der Waals surface area contributed by atoms with Crippen LogP contribution in [-0.4, -0.2) is 24.1 Å². The molecule has 1 fully saturated rings. The van der Waals surface area contributed by atoms with E-state index in [2.05, 4.69) is 10.3 Å². The number of aromatic nitrogens is 1. The van der Waals surface area contributed by atoms with Crippen molar-refractivity contribution in [1.29, 1.82) is 0 Å². The molecule has 1 aliphatic rings. The summed E-state index contributed by atoms with van der Waals surface area (Å²) in [5.41, 5.74) is -0.462. The van der Waals surface area contributed by atoms with Crippen molar-refractivity contribution >= 4 is 17.2 Å². The number of nitrogens with zero attached hydrogens (tertiary/aromatic N) is 1. The van der Waals surface area contributed by atoms with Crippen molar-refractivity contribution in [3.63, 3.8) is 0 Å². The Kier molecular flexibility index (Phi) is 5.39. The number of thiazole rings is 1. The molecule has 0 unspecified atom stereocenters. The largest absolute Gasteiger partial charge is 0.416 e. The van der Waals surface area contributed by atoms with Gasteiger partial charge in [0.2, 0.25) is 0 Å². The highest BCUT2D eigenvalue weighted by Gasteiger charge is 2.32. The van der Waals surface area contributed by atoms with Gasteiger partial charge in [0.15, 0.2) is 0 Å². The number of halogens is 3. The molecular formula is C17H17F3N2O2S. The summed E-state index contributed by atoms with van der Waals surface area (Å²) in [5.74, 6) is -0.183. The van der Waals surface area contributed by atoms with Gasteiger partial charge in [-0.1, -0.05) is 18.2 Å². The zero-order valence-electron chi connectivity index (χ0n) is 13.3. The highest BCUT2D eigenvalue weighted by atomic mass is 32.1. The summed E-state index contributed by atoms with van der Waals surface area (Å²) in [6, 6.07) is 5.21. The molecule has 1 N–H and O–H groups in total. The molecule has 0 radical (unpaired) electrons. The Morgan fingerprint density at radius 2 is 2.00 bits per heavy atom. The lowest BCUT2D eigenvalue weighted by molar-refractivity contribution is -0.138. The van der Waals surface area contributed by atoms with Crippen molar-refractivity contribution in [2.75, 3.05) is 13.2 Å². The average molecular weight is 370 g/mol. The molecule has 0 bridgehead atoms. The minimum Gasteiger partial charge on any atom is -0.381 e. The number of amides is 1. The summed E-state index contributed by atoms with van der Waals surface area (Å²) in [7, 11) is 0. The lowest BCUT2D eigenvalue weighted by atomic mass is 10.0. The normalized spacial score (nSPS) is 16.0. The van der Waals surface area contributed by atoms with Crippen LogP contribution in [0.1, 0.15) is 45.4 Å². The van der Waals surface area contributed by atoms with Crippen LogP contribution in [0.25, 0.3) is 0 Å². The molecule has 1 aliphatic heterocycles. The lowest BCUT2D eigenvalue weighted by Crippen LogP contribution is -2.25. The number of hydrogen-bond acceptors (Lipinski definition) is 4. The Hall–Kier alpha value is -1.93. The van der Waals surface area contributed by atoms with Crippen LogP contribution in [0.2, 0.25) is 0 Å². The van der Waals surface area contributed by atoms with Gasteiger partial charge in [-0.3, -0.25) is 4.79 Å². The van der Waals surface area contributed by atoms with Gasteiger partial charge in [0.25, 0.3) is 5.91 Å². The van der Waals surface area contributed by atoms with Crippen LogP contribution in [0, 0.1) is 0 Å². The van der Waals surface area contributed by atoms with E-state index in [1.54, 1.807) is 5.38 Å². The fraction of sp³-hybridized carbons (Fsp3) is 0.412. The van der Waals surface area contributed by atoms with Crippen LogP contribution in [0.3, 0.4) is 0 Å². The van der Waals surface area contributed by atoms with E-state index in [1.165, 1.54) is 29.5 Å². The highest BCUT2D eigenvalue weighted by Crippen LogP contribution is 2.32. The molecule has 4 nitrogen and oxygen atoms in total. The SMILES string of the molecule is O=C(NCc1ccccc1C(F)(F)F)c1csc(C2CCOCC2)n1. The molecule has 1 saturated heterocycles. The number of ether oxygens (including phenoxy) is 1. The van der Waals surface area contributed by atoms with Gasteiger partial charge in [-0.05, 0) is 24.5 Å². The zero-order valence-corrected chi connectivity index (χ0v) is 14.1. The van der Waals surface area contributed by atoms with E-state index in [9.17, 15) is 18.0 Å². The van der Waals surface area contributed by atoms with Gasteiger partial charge in [0.1, 0.15) is 5.69 Å². The van der Waals surface area contributed by atoms with Crippen LogP contribution in [0.4, 0.5) is 13.2 Å². The maximum Gasteiger partial charge on any atom is 0.416 e. The van der Waals surface area contributed by atoms with Crippen LogP contribution >= 0.6 is 11.3 Å². The number of nitrogens with one attached hydrogen (secondary N) is 1. The van der Waals surface area contributed by atoms with Gasteiger partial charge >= 0.3 is 6.18 Å². The molecule has 0 atom stereocenters. The zero-order chi connectivity index (χ0) is 17.9. The molecule has 2 heterocycles. The van der Waals surface area contributed by atoms with Crippen molar-refractivity contribution in [3.8, 4) is 0 Å². The first kappa shape index (κ1) is 17.9. The Morgan fingerprint density at radius 3 is 2.72 bits per heavy atom. The second-order valence-corrected chi connectivity index (χ2v) is 6.68. The summed E-state index contributed by atoms with van der Waals surface area (Å²) in [6.07, 6.45) is -2.71. The third kappa shape index (κ3) is 4.38. The lowest BCUT2D eigenvalue weighted by Gasteiger charge is -2.19. The molecule has 1 amide bonds. The summed E-state index contributed by atoms with van der Waals surface area (Å²) >= 11 is 1.41. The highest BCUT2D eigenvalue weighted by molar-refractivity contribution is 7.09. The summed E-state index contributed by atoms with van der Waals surface area (Å²) in [5, 5.41) is 5.05. The molecule has 8 heteroatoms. The first-order valence-electron chi connectivity index (χ1n) is 7.91. The van der Waals surface area contributed by atoms with Gasteiger partial charge in [0, 0.05) is 31.1 Å². The fourth-order valence-electron chi connectivity index (χ4n) is 2.74. The van der Waals surface area contributed by atoms with Crippen molar-refractivity contribution in [1.82, 2.24) is 10.3 Å².